The largest absolute Gasteiger partial charge is 0.274 e. The predicted molar refractivity (Wildman–Crippen MR) is 74.4 cm³/mol. The molecule has 19 heavy (non-hydrogen) atoms. The molecule has 0 N–H and O–H groups in total. The van der Waals surface area contributed by atoms with Crippen molar-refractivity contribution in [2.45, 2.75) is 12.8 Å². The number of rotatable bonds is 4. The molecule has 2 amide bonds. The molecule has 1 aliphatic rings. The summed E-state index contributed by atoms with van der Waals surface area (Å²) in [5, 5.41) is 2.04. The van der Waals surface area contributed by atoms with Gasteiger partial charge < -0.3 is 0 Å². The second kappa shape index (κ2) is 4.97. The van der Waals surface area contributed by atoms with Crippen molar-refractivity contribution in [1.29, 1.82) is 0 Å². The lowest BCUT2D eigenvalue weighted by atomic mass is 10.1. The first-order valence-corrected chi connectivity index (χ1v) is 7.13. The number of fused-ring (bicyclic) bond motifs is 1. The normalized spacial score (nSPS) is 14.0. The van der Waals surface area contributed by atoms with Gasteiger partial charge in [0.05, 0.1) is 11.1 Å². The Morgan fingerprint density at radius 3 is 2.21 bits per heavy atom. The molecule has 0 spiro atoms. The first kappa shape index (κ1) is 12.1. The Bertz CT molecular complexity index is 584. The minimum atomic E-state index is -0.160. The van der Waals surface area contributed by atoms with Crippen molar-refractivity contribution < 1.29 is 9.59 Å². The number of thiophene rings is 1. The highest BCUT2D eigenvalue weighted by molar-refractivity contribution is 7.09. The maximum absolute atomic E-state index is 12.1. The number of nitrogens with zero attached hydrogens (tertiary/aromatic N) is 1. The van der Waals surface area contributed by atoms with Gasteiger partial charge in [-0.3, -0.25) is 14.5 Å². The molecule has 0 aliphatic carbocycles. The Labute approximate surface area is 115 Å². The summed E-state index contributed by atoms with van der Waals surface area (Å²) >= 11 is 1.71. The average molecular weight is 271 g/mol. The molecule has 4 heteroatoms. The maximum atomic E-state index is 12.1. The zero-order valence-electron chi connectivity index (χ0n) is 10.3. The molecule has 0 bridgehead atoms. The summed E-state index contributed by atoms with van der Waals surface area (Å²) in [7, 11) is 0. The molecule has 0 fully saturated rings. The van der Waals surface area contributed by atoms with E-state index in [1.54, 1.807) is 35.6 Å². The number of imide groups is 1. The van der Waals surface area contributed by atoms with Gasteiger partial charge in [-0.25, -0.2) is 0 Å². The zero-order chi connectivity index (χ0) is 13.2. The molecule has 0 unspecified atom stereocenters. The number of carbonyl (C=O) groups excluding carboxylic acids is 2. The van der Waals surface area contributed by atoms with Crippen molar-refractivity contribution in [3.63, 3.8) is 0 Å². The Kier molecular flexibility index (Phi) is 3.17. The molecule has 0 saturated carbocycles. The molecule has 3 rings (SSSR count). The van der Waals surface area contributed by atoms with Crippen molar-refractivity contribution in [3.05, 3.63) is 57.8 Å². The summed E-state index contributed by atoms with van der Waals surface area (Å²) in [6.07, 6.45) is 1.72. The number of aryl methyl sites for hydroxylation is 1. The smallest absolute Gasteiger partial charge is 0.261 e. The standard InChI is InChI=1S/C15H13NO2S/c17-14-12-7-1-2-8-13(12)15(18)16(14)9-3-5-11-6-4-10-19-11/h1-2,4,6-8,10H,3,5,9H2. The van der Waals surface area contributed by atoms with Crippen LogP contribution < -0.4 is 0 Å². The minimum Gasteiger partial charge on any atom is -0.274 e. The van der Waals surface area contributed by atoms with Gasteiger partial charge in [-0.1, -0.05) is 18.2 Å². The Balaban J connectivity index is 1.67. The lowest BCUT2D eigenvalue weighted by Gasteiger charge is -2.12. The summed E-state index contributed by atoms with van der Waals surface area (Å²) in [4.78, 5) is 26.9. The molecule has 96 valence electrons. The quantitative estimate of drug-likeness (QED) is 0.802. The van der Waals surface area contributed by atoms with E-state index < -0.39 is 0 Å². The highest BCUT2D eigenvalue weighted by atomic mass is 32.1. The van der Waals surface area contributed by atoms with Crippen LogP contribution in [0.4, 0.5) is 0 Å². The molecule has 1 aromatic carbocycles. The fraction of sp³-hybridized carbons (Fsp3) is 0.200. The van der Waals surface area contributed by atoms with E-state index in [0.717, 1.165) is 12.8 Å². The van der Waals surface area contributed by atoms with Gasteiger partial charge in [-0.05, 0) is 36.4 Å². The third kappa shape index (κ3) is 2.19. The van der Waals surface area contributed by atoms with Crippen LogP contribution in [0.3, 0.4) is 0 Å². The molecule has 2 heterocycles. The second-order valence-corrected chi connectivity index (χ2v) is 5.52. The van der Waals surface area contributed by atoms with Crippen LogP contribution in [-0.2, 0) is 6.42 Å². The van der Waals surface area contributed by atoms with Crippen LogP contribution >= 0.6 is 11.3 Å². The van der Waals surface area contributed by atoms with Crippen LogP contribution in [0.2, 0.25) is 0 Å². The van der Waals surface area contributed by atoms with Crippen LogP contribution in [0, 0.1) is 0 Å². The van der Waals surface area contributed by atoms with E-state index in [-0.39, 0.29) is 11.8 Å². The van der Waals surface area contributed by atoms with Crippen molar-refractivity contribution in [2.75, 3.05) is 6.54 Å². The zero-order valence-corrected chi connectivity index (χ0v) is 11.2. The molecule has 0 saturated heterocycles. The van der Waals surface area contributed by atoms with E-state index in [1.165, 1.54) is 9.78 Å². The summed E-state index contributed by atoms with van der Waals surface area (Å²) in [6.45, 7) is 0.490. The van der Waals surface area contributed by atoms with Gasteiger partial charge in [-0.15, -0.1) is 11.3 Å². The fourth-order valence-electron chi connectivity index (χ4n) is 2.31. The van der Waals surface area contributed by atoms with Gasteiger partial charge >= 0.3 is 0 Å². The van der Waals surface area contributed by atoms with Crippen LogP contribution in [0.5, 0.6) is 0 Å². The maximum Gasteiger partial charge on any atom is 0.261 e. The first-order valence-electron chi connectivity index (χ1n) is 6.25. The van der Waals surface area contributed by atoms with Crippen LogP contribution in [0.1, 0.15) is 32.0 Å². The van der Waals surface area contributed by atoms with E-state index in [2.05, 4.69) is 6.07 Å². The summed E-state index contributed by atoms with van der Waals surface area (Å²) in [6, 6.07) is 11.1. The predicted octanol–water partition coefficient (Wildman–Crippen LogP) is 2.98. The first-order chi connectivity index (χ1) is 9.27. The third-order valence-electron chi connectivity index (χ3n) is 3.26. The fourth-order valence-corrected chi connectivity index (χ4v) is 3.06. The number of amides is 2. The minimum absolute atomic E-state index is 0.160. The van der Waals surface area contributed by atoms with E-state index in [1.807, 2.05) is 11.4 Å². The molecule has 2 aromatic rings. The lowest BCUT2D eigenvalue weighted by molar-refractivity contribution is 0.0652. The highest BCUT2D eigenvalue weighted by Crippen LogP contribution is 2.23. The molecule has 1 aliphatic heterocycles. The molecule has 1 aromatic heterocycles. The monoisotopic (exact) mass is 271 g/mol. The summed E-state index contributed by atoms with van der Waals surface area (Å²) in [5.41, 5.74) is 1.06. The average Bonchev–Trinajstić information content (AvgIpc) is 3.02. The Morgan fingerprint density at radius 2 is 1.63 bits per heavy atom. The van der Waals surface area contributed by atoms with Gasteiger partial charge in [0, 0.05) is 11.4 Å². The molecule has 0 atom stereocenters. The molecule has 3 nitrogen and oxygen atoms in total. The van der Waals surface area contributed by atoms with Crippen LogP contribution in [0.25, 0.3) is 0 Å². The summed E-state index contributed by atoms with van der Waals surface area (Å²) < 4.78 is 0. The van der Waals surface area contributed by atoms with E-state index in [4.69, 9.17) is 0 Å². The highest BCUT2D eigenvalue weighted by Gasteiger charge is 2.34. The van der Waals surface area contributed by atoms with E-state index in [9.17, 15) is 9.59 Å². The molecular formula is C15H13NO2S. The Hall–Kier alpha value is -1.94. The lowest BCUT2D eigenvalue weighted by Crippen LogP contribution is -2.30. The van der Waals surface area contributed by atoms with Crippen molar-refractivity contribution in [2.24, 2.45) is 0 Å². The number of carbonyl (C=O) groups is 2. The second-order valence-electron chi connectivity index (χ2n) is 4.49. The molecular weight excluding hydrogens is 258 g/mol. The molecule has 0 radical (unpaired) electrons. The van der Waals surface area contributed by atoms with Crippen LogP contribution in [-0.4, -0.2) is 23.3 Å². The van der Waals surface area contributed by atoms with Gasteiger partial charge in [0.2, 0.25) is 0 Å². The van der Waals surface area contributed by atoms with E-state index >= 15 is 0 Å². The van der Waals surface area contributed by atoms with E-state index in [0.29, 0.717) is 17.7 Å². The van der Waals surface area contributed by atoms with Crippen LogP contribution in [0.15, 0.2) is 41.8 Å². The number of benzene rings is 1. The van der Waals surface area contributed by atoms with Gasteiger partial charge in [0.15, 0.2) is 0 Å². The summed E-state index contributed by atoms with van der Waals surface area (Å²) in [5.74, 6) is -0.321. The topological polar surface area (TPSA) is 37.4 Å². The number of hydrogen-bond acceptors (Lipinski definition) is 3. The third-order valence-corrected chi connectivity index (χ3v) is 4.20. The van der Waals surface area contributed by atoms with Crippen molar-refractivity contribution in [1.82, 2.24) is 4.90 Å². The van der Waals surface area contributed by atoms with Gasteiger partial charge in [-0.2, -0.15) is 0 Å². The van der Waals surface area contributed by atoms with Crippen molar-refractivity contribution in [3.8, 4) is 0 Å². The van der Waals surface area contributed by atoms with Gasteiger partial charge in [0.1, 0.15) is 0 Å². The SMILES string of the molecule is O=C1c2ccccc2C(=O)N1CCCc1cccs1. The van der Waals surface area contributed by atoms with Crippen molar-refractivity contribution >= 4 is 23.2 Å². The number of hydrogen-bond donors (Lipinski definition) is 0. The Morgan fingerprint density at radius 1 is 0.947 bits per heavy atom. The van der Waals surface area contributed by atoms with Gasteiger partial charge in [0.25, 0.3) is 11.8 Å².